The Morgan fingerprint density at radius 1 is 1.19 bits per heavy atom. The van der Waals surface area contributed by atoms with Gasteiger partial charge < -0.3 is 9.80 Å². The van der Waals surface area contributed by atoms with Crippen molar-refractivity contribution in [2.45, 2.75) is 38.1 Å². The van der Waals surface area contributed by atoms with Gasteiger partial charge >= 0.3 is 0 Å². The highest BCUT2D eigenvalue weighted by Gasteiger charge is 2.25. The number of aryl methyl sites for hydroxylation is 1. The Labute approximate surface area is 154 Å². The van der Waals surface area contributed by atoms with Crippen molar-refractivity contribution in [2.75, 3.05) is 25.0 Å². The first-order valence-electron chi connectivity index (χ1n) is 9.29. The summed E-state index contributed by atoms with van der Waals surface area (Å²) in [6, 6.07) is 12.8. The fourth-order valence-electron chi connectivity index (χ4n) is 3.51. The molecule has 1 amide bonds. The Morgan fingerprint density at radius 3 is 2.58 bits per heavy atom. The summed E-state index contributed by atoms with van der Waals surface area (Å²) in [5.74, 6) is 0.000770. The van der Waals surface area contributed by atoms with Crippen LogP contribution in [-0.2, 0) is 11.2 Å². The Kier molecular flexibility index (Phi) is 6.21. The molecule has 0 N–H and O–H groups in total. The molecule has 2 aromatic rings. The van der Waals surface area contributed by atoms with Gasteiger partial charge in [0.15, 0.2) is 0 Å². The molecule has 26 heavy (non-hydrogen) atoms. The molecule has 0 bridgehead atoms. The molecule has 3 rings (SSSR count). The molecule has 1 aromatic heterocycles. The summed E-state index contributed by atoms with van der Waals surface area (Å²) < 4.78 is 13.1. The predicted octanol–water partition coefficient (Wildman–Crippen LogP) is 3.67. The van der Waals surface area contributed by atoms with E-state index in [9.17, 15) is 9.18 Å². The maximum Gasteiger partial charge on any atom is 0.222 e. The number of nitrogens with zero attached hydrogens (tertiary/aromatic N) is 3. The van der Waals surface area contributed by atoms with Crippen LogP contribution in [-0.4, -0.2) is 42.0 Å². The second-order valence-corrected chi connectivity index (χ2v) is 6.87. The van der Waals surface area contributed by atoms with Crippen molar-refractivity contribution in [1.29, 1.82) is 0 Å². The number of anilines is 1. The van der Waals surface area contributed by atoms with E-state index < -0.39 is 0 Å². The summed E-state index contributed by atoms with van der Waals surface area (Å²) in [6.45, 7) is 1.78. The molecule has 1 aliphatic rings. The zero-order valence-corrected chi connectivity index (χ0v) is 15.3. The van der Waals surface area contributed by atoms with E-state index in [1.165, 1.54) is 12.1 Å². The smallest absolute Gasteiger partial charge is 0.222 e. The van der Waals surface area contributed by atoms with Crippen LogP contribution in [0.2, 0.25) is 0 Å². The van der Waals surface area contributed by atoms with Crippen LogP contribution in [0.25, 0.3) is 0 Å². The number of piperidine rings is 1. The zero-order chi connectivity index (χ0) is 18.4. The Hall–Kier alpha value is -2.43. The van der Waals surface area contributed by atoms with Crippen LogP contribution in [0, 0.1) is 5.82 Å². The van der Waals surface area contributed by atoms with Gasteiger partial charge in [0, 0.05) is 50.2 Å². The van der Waals surface area contributed by atoms with Crippen LogP contribution < -0.4 is 4.90 Å². The first-order chi connectivity index (χ1) is 12.6. The van der Waals surface area contributed by atoms with Crippen molar-refractivity contribution >= 4 is 11.6 Å². The minimum absolute atomic E-state index is 0.209. The monoisotopic (exact) mass is 355 g/mol. The number of aromatic nitrogens is 1. The van der Waals surface area contributed by atoms with Gasteiger partial charge in [0.05, 0.1) is 0 Å². The molecule has 4 nitrogen and oxygen atoms in total. The van der Waals surface area contributed by atoms with Crippen molar-refractivity contribution in [2.24, 2.45) is 0 Å². The van der Waals surface area contributed by atoms with E-state index in [4.69, 9.17) is 0 Å². The largest absolute Gasteiger partial charge is 0.371 e. The summed E-state index contributed by atoms with van der Waals surface area (Å²) in [4.78, 5) is 20.9. The van der Waals surface area contributed by atoms with Gasteiger partial charge in [-0.25, -0.2) is 4.39 Å². The fourth-order valence-corrected chi connectivity index (χ4v) is 3.51. The molecule has 138 valence electrons. The lowest BCUT2D eigenvalue weighted by atomic mass is 10.0. The number of rotatable bonds is 6. The number of hydrogen-bond donors (Lipinski definition) is 0. The molecule has 5 heteroatoms. The maximum absolute atomic E-state index is 13.1. The van der Waals surface area contributed by atoms with E-state index in [0.29, 0.717) is 6.42 Å². The SMILES string of the molecule is CN(C(=O)CCCc1ccccn1)C1CCN(c2ccc(F)cc2)CC1. The number of carbonyl (C=O) groups is 1. The summed E-state index contributed by atoms with van der Waals surface area (Å²) >= 11 is 0. The molecule has 0 radical (unpaired) electrons. The first kappa shape index (κ1) is 18.4. The van der Waals surface area contributed by atoms with Crippen molar-refractivity contribution in [1.82, 2.24) is 9.88 Å². The van der Waals surface area contributed by atoms with Crippen LogP contribution in [0.3, 0.4) is 0 Å². The highest BCUT2D eigenvalue weighted by Crippen LogP contribution is 2.23. The molecule has 0 unspecified atom stereocenters. The maximum atomic E-state index is 13.1. The minimum atomic E-state index is -0.209. The fraction of sp³-hybridized carbons (Fsp3) is 0.429. The van der Waals surface area contributed by atoms with E-state index >= 15 is 0 Å². The summed E-state index contributed by atoms with van der Waals surface area (Å²) in [5, 5.41) is 0. The molecule has 1 saturated heterocycles. The molecular weight excluding hydrogens is 329 g/mol. The zero-order valence-electron chi connectivity index (χ0n) is 15.3. The third-order valence-electron chi connectivity index (χ3n) is 5.15. The van der Waals surface area contributed by atoms with Gasteiger partial charge in [-0.3, -0.25) is 9.78 Å². The number of hydrogen-bond acceptors (Lipinski definition) is 3. The quantitative estimate of drug-likeness (QED) is 0.793. The van der Waals surface area contributed by atoms with Crippen LogP contribution in [0.4, 0.5) is 10.1 Å². The summed E-state index contributed by atoms with van der Waals surface area (Å²) in [6.07, 6.45) is 5.90. The molecule has 1 fully saturated rings. The average molecular weight is 355 g/mol. The third kappa shape index (κ3) is 4.81. The molecule has 2 heterocycles. The number of halogens is 1. The number of pyridine rings is 1. The minimum Gasteiger partial charge on any atom is -0.371 e. The molecule has 0 atom stereocenters. The van der Waals surface area contributed by atoms with E-state index in [2.05, 4.69) is 9.88 Å². The molecule has 0 spiro atoms. The lowest BCUT2D eigenvalue weighted by Gasteiger charge is -2.38. The van der Waals surface area contributed by atoms with Gasteiger partial charge in [-0.2, -0.15) is 0 Å². The summed E-state index contributed by atoms with van der Waals surface area (Å²) in [5.41, 5.74) is 2.09. The second kappa shape index (κ2) is 8.79. The van der Waals surface area contributed by atoms with Crippen molar-refractivity contribution in [3.63, 3.8) is 0 Å². The van der Waals surface area contributed by atoms with E-state index in [1.807, 2.05) is 42.3 Å². The molecule has 0 saturated carbocycles. The second-order valence-electron chi connectivity index (χ2n) is 6.87. The standard InChI is InChI=1S/C21H26FN3O/c1-24(21(26)7-4-6-18-5-2-3-14-23-18)19-12-15-25(16-13-19)20-10-8-17(22)9-11-20/h2-3,5,8-11,14,19H,4,6-7,12-13,15-16H2,1H3. The van der Waals surface area contributed by atoms with Crippen molar-refractivity contribution < 1.29 is 9.18 Å². The average Bonchev–Trinajstić information content (AvgIpc) is 2.69. The third-order valence-corrected chi connectivity index (χ3v) is 5.15. The highest BCUT2D eigenvalue weighted by molar-refractivity contribution is 5.76. The predicted molar refractivity (Wildman–Crippen MR) is 102 cm³/mol. The lowest BCUT2D eigenvalue weighted by molar-refractivity contribution is -0.132. The molecule has 0 aliphatic carbocycles. The van der Waals surface area contributed by atoms with Gasteiger partial charge in [0.25, 0.3) is 0 Å². The Bertz CT molecular complexity index is 697. The molecular formula is C21H26FN3O. The normalized spacial score (nSPS) is 15.1. The van der Waals surface area contributed by atoms with Gasteiger partial charge in [-0.05, 0) is 62.1 Å². The van der Waals surface area contributed by atoms with E-state index in [1.54, 1.807) is 6.20 Å². The molecule has 1 aliphatic heterocycles. The van der Waals surface area contributed by atoms with Gasteiger partial charge in [0.2, 0.25) is 5.91 Å². The Morgan fingerprint density at radius 2 is 1.92 bits per heavy atom. The van der Waals surface area contributed by atoms with Gasteiger partial charge in [-0.15, -0.1) is 0 Å². The van der Waals surface area contributed by atoms with Crippen LogP contribution in [0.1, 0.15) is 31.4 Å². The lowest BCUT2D eigenvalue weighted by Crippen LogP contribution is -2.45. The number of carbonyl (C=O) groups excluding carboxylic acids is 1. The van der Waals surface area contributed by atoms with Crippen LogP contribution >= 0.6 is 0 Å². The first-order valence-corrected chi connectivity index (χ1v) is 9.29. The summed E-state index contributed by atoms with van der Waals surface area (Å²) in [7, 11) is 1.92. The van der Waals surface area contributed by atoms with E-state index in [0.717, 1.165) is 50.2 Å². The Balaban J connectivity index is 1.43. The number of benzene rings is 1. The topological polar surface area (TPSA) is 36.4 Å². The number of amides is 1. The molecule has 1 aromatic carbocycles. The van der Waals surface area contributed by atoms with Gasteiger partial charge in [-0.1, -0.05) is 6.07 Å². The van der Waals surface area contributed by atoms with E-state index in [-0.39, 0.29) is 17.8 Å². The van der Waals surface area contributed by atoms with Crippen LogP contribution in [0.15, 0.2) is 48.7 Å². The highest BCUT2D eigenvalue weighted by atomic mass is 19.1. The van der Waals surface area contributed by atoms with Crippen molar-refractivity contribution in [3.8, 4) is 0 Å². The van der Waals surface area contributed by atoms with Gasteiger partial charge in [0.1, 0.15) is 5.82 Å². The van der Waals surface area contributed by atoms with Crippen LogP contribution in [0.5, 0.6) is 0 Å². The van der Waals surface area contributed by atoms with Crippen molar-refractivity contribution in [3.05, 3.63) is 60.2 Å².